The van der Waals surface area contributed by atoms with Gasteiger partial charge in [0, 0.05) is 36.0 Å². The molecule has 6 heteroatoms. The van der Waals surface area contributed by atoms with Crippen LogP contribution in [0.3, 0.4) is 0 Å². The Bertz CT molecular complexity index is 1030. The zero-order valence-corrected chi connectivity index (χ0v) is 18.2. The fraction of sp³-hybridized carbons (Fsp3) is 0.478. The highest BCUT2D eigenvalue weighted by Gasteiger charge is 2.26. The Balaban J connectivity index is 1.84. The van der Waals surface area contributed by atoms with Gasteiger partial charge in [-0.05, 0) is 50.3 Å². The summed E-state index contributed by atoms with van der Waals surface area (Å²) in [6.45, 7) is 11.0. The maximum Gasteiger partial charge on any atom is 0.161 e. The summed E-state index contributed by atoms with van der Waals surface area (Å²) in [5.41, 5.74) is 4.98. The molecule has 0 saturated carbocycles. The van der Waals surface area contributed by atoms with Gasteiger partial charge in [0.1, 0.15) is 5.82 Å². The van der Waals surface area contributed by atoms with Crippen LogP contribution in [0.1, 0.15) is 31.5 Å². The van der Waals surface area contributed by atoms with E-state index in [1.807, 2.05) is 28.8 Å². The van der Waals surface area contributed by atoms with Crippen LogP contribution in [0.15, 0.2) is 24.3 Å². The molecule has 0 N–H and O–H groups in total. The van der Waals surface area contributed by atoms with E-state index in [1.54, 1.807) is 14.2 Å². The summed E-state index contributed by atoms with van der Waals surface area (Å²) in [6.07, 6.45) is 1.28. The number of fused-ring (bicyclic) bond motifs is 1. The molecule has 3 aromatic rings. The number of hydrogen-bond donors (Lipinski definition) is 0. The van der Waals surface area contributed by atoms with E-state index in [1.165, 1.54) is 12.0 Å². The second-order valence-corrected chi connectivity index (χ2v) is 8.37. The molecule has 1 fully saturated rings. The molecule has 0 bridgehead atoms. The molecule has 0 unspecified atom stereocenters. The maximum atomic E-state index is 5.47. The van der Waals surface area contributed by atoms with Crippen LogP contribution in [0.5, 0.6) is 11.5 Å². The lowest BCUT2D eigenvalue weighted by molar-refractivity contribution is 0.354. The van der Waals surface area contributed by atoms with Crippen LogP contribution >= 0.6 is 0 Å². The third kappa shape index (κ3) is 3.52. The van der Waals surface area contributed by atoms with Gasteiger partial charge >= 0.3 is 0 Å². The lowest BCUT2D eigenvalue weighted by Gasteiger charge is -2.37. The normalized spacial score (nSPS) is 19.6. The van der Waals surface area contributed by atoms with Crippen molar-refractivity contribution in [2.45, 2.75) is 34.1 Å². The number of aryl methyl sites for hydroxylation is 1. The second kappa shape index (κ2) is 7.58. The predicted molar refractivity (Wildman–Crippen MR) is 116 cm³/mol. The van der Waals surface area contributed by atoms with Gasteiger partial charge < -0.3 is 14.4 Å². The van der Waals surface area contributed by atoms with E-state index in [2.05, 4.69) is 32.6 Å². The fourth-order valence-corrected chi connectivity index (χ4v) is 4.53. The molecule has 1 aliphatic rings. The van der Waals surface area contributed by atoms with Crippen molar-refractivity contribution in [3.8, 4) is 22.8 Å². The molecule has 1 saturated heterocycles. The van der Waals surface area contributed by atoms with Gasteiger partial charge in [0.15, 0.2) is 17.1 Å². The minimum absolute atomic E-state index is 0.669. The van der Waals surface area contributed by atoms with Crippen molar-refractivity contribution in [3.05, 3.63) is 35.5 Å². The average molecular weight is 395 g/mol. The summed E-state index contributed by atoms with van der Waals surface area (Å²) in [6, 6.07) is 7.93. The van der Waals surface area contributed by atoms with Gasteiger partial charge in [-0.3, -0.25) is 0 Å². The largest absolute Gasteiger partial charge is 0.493 e. The number of aromatic nitrogens is 3. The summed E-state index contributed by atoms with van der Waals surface area (Å²) in [5, 5.41) is 4.96. The molecule has 1 aliphatic heterocycles. The third-order valence-electron chi connectivity index (χ3n) is 5.90. The van der Waals surface area contributed by atoms with Crippen molar-refractivity contribution in [3.63, 3.8) is 0 Å². The van der Waals surface area contributed by atoms with E-state index < -0.39 is 0 Å². The Hall–Kier alpha value is -2.76. The molecule has 0 amide bonds. The highest BCUT2D eigenvalue weighted by Crippen LogP contribution is 2.34. The number of rotatable bonds is 4. The van der Waals surface area contributed by atoms with Crippen LogP contribution in [-0.4, -0.2) is 41.9 Å². The van der Waals surface area contributed by atoms with Crippen molar-refractivity contribution in [1.82, 2.24) is 14.6 Å². The maximum absolute atomic E-state index is 5.47. The summed E-state index contributed by atoms with van der Waals surface area (Å²) in [4.78, 5) is 7.30. The van der Waals surface area contributed by atoms with E-state index >= 15 is 0 Å². The van der Waals surface area contributed by atoms with Crippen molar-refractivity contribution >= 4 is 11.5 Å². The van der Waals surface area contributed by atoms with E-state index in [4.69, 9.17) is 19.6 Å². The Morgan fingerprint density at radius 3 is 2.31 bits per heavy atom. The van der Waals surface area contributed by atoms with Crippen LogP contribution in [0.4, 0.5) is 5.82 Å². The number of methoxy groups -OCH3 is 2. The number of benzene rings is 1. The lowest BCUT2D eigenvalue weighted by Crippen LogP contribution is -2.40. The Morgan fingerprint density at radius 2 is 1.66 bits per heavy atom. The van der Waals surface area contributed by atoms with Crippen molar-refractivity contribution < 1.29 is 9.47 Å². The van der Waals surface area contributed by atoms with Crippen LogP contribution in [0.2, 0.25) is 0 Å². The van der Waals surface area contributed by atoms with Gasteiger partial charge in [0.2, 0.25) is 0 Å². The zero-order valence-electron chi connectivity index (χ0n) is 18.2. The molecule has 0 radical (unpaired) electrons. The van der Waals surface area contributed by atoms with Crippen molar-refractivity contribution in [2.24, 2.45) is 11.8 Å². The van der Waals surface area contributed by atoms with E-state index in [0.29, 0.717) is 23.3 Å². The van der Waals surface area contributed by atoms with Gasteiger partial charge in [-0.1, -0.05) is 13.8 Å². The van der Waals surface area contributed by atoms with Gasteiger partial charge in [-0.2, -0.15) is 9.61 Å². The molecule has 2 aromatic heterocycles. The second-order valence-electron chi connectivity index (χ2n) is 8.37. The average Bonchev–Trinajstić information content (AvgIpc) is 3.10. The lowest BCUT2D eigenvalue weighted by atomic mass is 9.91. The summed E-state index contributed by atoms with van der Waals surface area (Å²) in [5.74, 6) is 3.91. The predicted octanol–water partition coefficient (Wildman–Crippen LogP) is 4.51. The fourth-order valence-electron chi connectivity index (χ4n) is 4.53. The van der Waals surface area contributed by atoms with Gasteiger partial charge in [0.05, 0.1) is 19.9 Å². The molecule has 29 heavy (non-hydrogen) atoms. The molecule has 154 valence electrons. The van der Waals surface area contributed by atoms with E-state index in [-0.39, 0.29) is 0 Å². The van der Waals surface area contributed by atoms with Gasteiger partial charge in [0.25, 0.3) is 0 Å². The highest BCUT2D eigenvalue weighted by atomic mass is 16.5. The van der Waals surface area contributed by atoms with E-state index in [9.17, 15) is 0 Å². The van der Waals surface area contributed by atoms with Crippen LogP contribution < -0.4 is 14.4 Å². The first-order valence-electron chi connectivity index (χ1n) is 10.3. The highest BCUT2D eigenvalue weighted by molar-refractivity contribution is 5.69. The molecule has 0 spiro atoms. The molecule has 6 nitrogen and oxygen atoms in total. The number of nitrogens with zero attached hydrogens (tertiary/aromatic N) is 4. The van der Waals surface area contributed by atoms with Gasteiger partial charge in [-0.15, -0.1) is 0 Å². The smallest absolute Gasteiger partial charge is 0.161 e. The summed E-state index contributed by atoms with van der Waals surface area (Å²) in [7, 11) is 3.29. The molecule has 3 heterocycles. The topological polar surface area (TPSA) is 51.9 Å². The first kappa shape index (κ1) is 19.6. The monoisotopic (exact) mass is 394 g/mol. The van der Waals surface area contributed by atoms with Crippen LogP contribution in [0, 0.1) is 25.7 Å². The summed E-state index contributed by atoms with van der Waals surface area (Å²) >= 11 is 0. The first-order chi connectivity index (χ1) is 13.9. The Labute approximate surface area is 172 Å². The standard InChI is InChI=1S/C23H30N4O2/c1-14-9-15(2)13-26(12-14)23-16(3)17(4)24-22-11-19(25-27(22)23)18-7-8-20(28-5)21(10-18)29-6/h7-8,10-11,14-15H,9,12-13H2,1-6H3/t14-,15-/m1/s1. The number of piperidine rings is 1. The SMILES string of the molecule is COc1ccc(-c2cc3nc(C)c(C)c(N4C[C@H](C)C[C@@H](C)C4)n3n2)cc1OC. The molecule has 0 aliphatic carbocycles. The Kier molecular flexibility index (Phi) is 5.11. The molecule has 2 atom stereocenters. The van der Waals surface area contributed by atoms with Crippen LogP contribution in [0.25, 0.3) is 16.9 Å². The first-order valence-corrected chi connectivity index (χ1v) is 10.3. The molecular weight excluding hydrogens is 364 g/mol. The zero-order chi connectivity index (χ0) is 20.7. The molecular formula is C23H30N4O2. The number of hydrogen-bond acceptors (Lipinski definition) is 5. The third-order valence-corrected chi connectivity index (χ3v) is 5.90. The van der Waals surface area contributed by atoms with E-state index in [0.717, 1.165) is 41.5 Å². The minimum atomic E-state index is 0.669. The van der Waals surface area contributed by atoms with Gasteiger partial charge in [-0.25, -0.2) is 4.98 Å². The Morgan fingerprint density at radius 1 is 0.966 bits per heavy atom. The molecule has 4 rings (SSSR count). The minimum Gasteiger partial charge on any atom is -0.493 e. The van der Waals surface area contributed by atoms with Crippen molar-refractivity contribution in [2.75, 3.05) is 32.2 Å². The van der Waals surface area contributed by atoms with Crippen LogP contribution in [-0.2, 0) is 0 Å². The molecule has 1 aromatic carbocycles. The quantitative estimate of drug-likeness (QED) is 0.652. The van der Waals surface area contributed by atoms with Crippen molar-refractivity contribution in [1.29, 1.82) is 0 Å². The summed E-state index contributed by atoms with van der Waals surface area (Å²) < 4.78 is 12.8. The number of anilines is 1. The number of ether oxygens (including phenoxy) is 2.